The molecule has 0 saturated heterocycles. The maximum absolute atomic E-state index is 12.3. The molecule has 1 heterocycles. The first kappa shape index (κ1) is 16.6. The monoisotopic (exact) mass is 316 g/mol. The van der Waals surface area contributed by atoms with E-state index in [2.05, 4.69) is 4.98 Å². The lowest BCUT2D eigenvalue weighted by Gasteiger charge is -2.09. The van der Waals surface area contributed by atoms with E-state index in [1.54, 1.807) is 50.2 Å². The standard InChI is InChI=1S/C17H20N2O4/c1-5-23-17(20)15(16-18-6-7-19(16)2)10-12-8-13(21-3)11-14(9-12)22-4/h6-11H,5H2,1-4H3/b15-10-. The van der Waals surface area contributed by atoms with Gasteiger partial charge < -0.3 is 18.8 Å². The molecule has 0 fully saturated rings. The van der Waals surface area contributed by atoms with Gasteiger partial charge in [-0.3, -0.25) is 0 Å². The number of nitrogens with zero attached hydrogens (tertiary/aromatic N) is 2. The third-order valence-corrected chi connectivity index (χ3v) is 3.24. The summed E-state index contributed by atoms with van der Waals surface area (Å²) >= 11 is 0. The highest BCUT2D eigenvalue weighted by molar-refractivity contribution is 6.20. The van der Waals surface area contributed by atoms with Gasteiger partial charge in [0, 0.05) is 25.5 Å². The Labute approximate surface area is 135 Å². The van der Waals surface area contributed by atoms with Crippen molar-refractivity contribution in [1.82, 2.24) is 9.55 Å². The first-order valence-corrected chi connectivity index (χ1v) is 7.18. The third kappa shape index (κ3) is 3.91. The summed E-state index contributed by atoms with van der Waals surface area (Å²) in [5, 5.41) is 0. The van der Waals surface area contributed by atoms with Crippen LogP contribution in [0.4, 0.5) is 0 Å². The van der Waals surface area contributed by atoms with Gasteiger partial charge in [0.1, 0.15) is 22.9 Å². The molecule has 0 aliphatic heterocycles. The SMILES string of the molecule is CCOC(=O)/C(=C\c1cc(OC)cc(OC)c1)c1nccn1C. The van der Waals surface area contributed by atoms with Crippen LogP contribution in [0.5, 0.6) is 11.5 Å². The number of esters is 1. The zero-order chi connectivity index (χ0) is 16.8. The van der Waals surface area contributed by atoms with Gasteiger partial charge in [-0.15, -0.1) is 0 Å². The minimum absolute atomic E-state index is 0.294. The van der Waals surface area contributed by atoms with Crippen LogP contribution >= 0.6 is 0 Å². The molecule has 0 aliphatic carbocycles. The Hall–Kier alpha value is -2.76. The molecular weight excluding hydrogens is 296 g/mol. The number of aromatic nitrogens is 2. The zero-order valence-electron chi connectivity index (χ0n) is 13.7. The van der Waals surface area contributed by atoms with Gasteiger partial charge in [0.25, 0.3) is 0 Å². The van der Waals surface area contributed by atoms with E-state index in [9.17, 15) is 4.79 Å². The fraction of sp³-hybridized carbons (Fsp3) is 0.294. The van der Waals surface area contributed by atoms with Gasteiger partial charge in [-0.05, 0) is 30.7 Å². The van der Waals surface area contributed by atoms with Gasteiger partial charge in [0.2, 0.25) is 0 Å². The van der Waals surface area contributed by atoms with E-state index in [0.717, 1.165) is 5.56 Å². The molecule has 2 aromatic rings. The van der Waals surface area contributed by atoms with Gasteiger partial charge in [0.15, 0.2) is 0 Å². The topological polar surface area (TPSA) is 62.6 Å². The molecule has 0 unspecified atom stereocenters. The van der Waals surface area contributed by atoms with Gasteiger partial charge >= 0.3 is 5.97 Å². The molecule has 6 nitrogen and oxygen atoms in total. The Morgan fingerprint density at radius 2 is 1.87 bits per heavy atom. The van der Waals surface area contributed by atoms with Crippen LogP contribution in [0.25, 0.3) is 11.6 Å². The molecule has 1 aromatic heterocycles. The Morgan fingerprint density at radius 3 is 2.35 bits per heavy atom. The van der Waals surface area contributed by atoms with Gasteiger partial charge in [0.05, 0.1) is 20.8 Å². The maximum Gasteiger partial charge on any atom is 0.341 e. The molecule has 23 heavy (non-hydrogen) atoms. The summed E-state index contributed by atoms with van der Waals surface area (Å²) in [5.41, 5.74) is 1.13. The summed E-state index contributed by atoms with van der Waals surface area (Å²) in [6.07, 6.45) is 5.12. The summed E-state index contributed by atoms with van der Waals surface area (Å²) in [4.78, 5) is 16.5. The third-order valence-electron chi connectivity index (χ3n) is 3.24. The summed E-state index contributed by atoms with van der Waals surface area (Å²) < 4.78 is 17.4. The Bertz CT molecular complexity index is 697. The molecule has 0 saturated carbocycles. The van der Waals surface area contributed by atoms with E-state index in [0.29, 0.717) is 29.5 Å². The Morgan fingerprint density at radius 1 is 1.22 bits per heavy atom. The van der Waals surface area contributed by atoms with Crippen LogP contribution in [0.1, 0.15) is 18.3 Å². The predicted octanol–water partition coefficient (Wildman–Crippen LogP) is 2.54. The molecule has 122 valence electrons. The maximum atomic E-state index is 12.3. The van der Waals surface area contributed by atoms with Crippen molar-refractivity contribution < 1.29 is 19.0 Å². The molecule has 2 rings (SSSR count). The number of rotatable bonds is 6. The number of ether oxygens (including phenoxy) is 3. The van der Waals surface area contributed by atoms with Crippen LogP contribution < -0.4 is 9.47 Å². The Kier molecular flexibility index (Phi) is 5.41. The molecule has 0 atom stereocenters. The number of hydrogen-bond donors (Lipinski definition) is 0. The molecule has 1 aromatic carbocycles. The number of benzene rings is 1. The fourth-order valence-corrected chi connectivity index (χ4v) is 2.13. The van der Waals surface area contributed by atoms with Gasteiger partial charge in [-0.1, -0.05) is 0 Å². The normalized spacial score (nSPS) is 11.2. The first-order chi connectivity index (χ1) is 11.1. The van der Waals surface area contributed by atoms with Crippen LogP contribution in [0, 0.1) is 0 Å². The molecular formula is C17H20N2O4. The minimum Gasteiger partial charge on any atom is -0.497 e. The van der Waals surface area contributed by atoms with Crippen molar-refractivity contribution in [2.24, 2.45) is 7.05 Å². The van der Waals surface area contributed by atoms with Crippen molar-refractivity contribution in [3.63, 3.8) is 0 Å². The van der Waals surface area contributed by atoms with Crippen LogP contribution in [-0.4, -0.2) is 36.3 Å². The number of methoxy groups -OCH3 is 2. The summed E-state index contributed by atoms with van der Waals surface area (Å²) in [5.74, 6) is 1.38. The average Bonchev–Trinajstić information content (AvgIpc) is 2.98. The van der Waals surface area contributed by atoms with Crippen molar-refractivity contribution in [3.8, 4) is 11.5 Å². The van der Waals surface area contributed by atoms with E-state index in [-0.39, 0.29) is 0 Å². The lowest BCUT2D eigenvalue weighted by molar-refractivity contribution is -0.136. The number of hydrogen-bond acceptors (Lipinski definition) is 5. The quantitative estimate of drug-likeness (QED) is 0.605. The largest absolute Gasteiger partial charge is 0.497 e. The van der Waals surface area contributed by atoms with Crippen LogP contribution in [-0.2, 0) is 16.6 Å². The van der Waals surface area contributed by atoms with Crippen molar-refractivity contribution in [2.45, 2.75) is 6.92 Å². The number of carbonyl (C=O) groups excluding carboxylic acids is 1. The molecule has 6 heteroatoms. The predicted molar refractivity (Wildman–Crippen MR) is 87.3 cm³/mol. The highest BCUT2D eigenvalue weighted by atomic mass is 16.5. The molecule has 0 spiro atoms. The van der Waals surface area contributed by atoms with E-state index in [4.69, 9.17) is 14.2 Å². The molecule has 0 radical (unpaired) electrons. The van der Waals surface area contributed by atoms with E-state index in [1.807, 2.05) is 19.2 Å². The second-order valence-corrected chi connectivity index (χ2v) is 4.79. The second-order valence-electron chi connectivity index (χ2n) is 4.79. The lowest BCUT2D eigenvalue weighted by atomic mass is 10.1. The Balaban J connectivity index is 2.52. The van der Waals surface area contributed by atoms with Crippen LogP contribution in [0.3, 0.4) is 0 Å². The molecule has 0 bridgehead atoms. The van der Waals surface area contributed by atoms with Crippen LogP contribution in [0.2, 0.25) is 0 Å². The van der Waals surface area contributed by atoms with Gasteiger partial charge in [-0.25, -0.2) is 9.78 Å². The lowest BCUT2D eigenvalue weighted by Crippen LogP contribution is -2.10. The smallest absolute Gasteiger partial charge is 0.341 e. The van der Waals surface area contributed by atoms with Crippen molar-refractivity contribution >= 4 is 17.6 Å². The average molecular weight is 316 g/mol. The summed E-state index contributed by atoms with van der Waals surface area (Å²) in [7, 11) is 4.97. The molecule has 0 N–H and O–H groups in total. The first-order valence-electron chi connectivity index (χ1n) is 7.18. The van der Waals surface area contributed by atoms with E-state index in [1.165, 1.54) is 0 Å². The number of aryl methyl sites for hydroxylation is 1. The van der Waals surface area contributed by atoms with Crippen molar-refractivity contribution in [1.29, 1.82) is 0 Å². The summed E-state index contributed by atoms with van der Waals surface area (Å²) in [6.45, 7) is 2.06. The summed E-state index contributed by atoms with van der Waals surface area (Å²) in [6, 6.07) is 5.39. The van der Waals surface area contributed by atoms with E-state index < -0.39 is 5.97 Å². The second kappa shape index (κ2) is 7.49. The fourth-order valence-electron chi connectivity index (χ4n) is 2.13. The van der Waals surface area contributed by atoms with Crippen LogP contribution in [0.15, 0.2) is 30.6 Å². The number of carbonyl (C=O) groups is 1. The molecule has 0 amide bonds. The zero-order valence-corrected chi connectivity index (χ0v) is 13.7. The number of imidazole rings is 1. The highest BCUT2D eigenvalue weighted by Crippen LogP contribution is 2.26. The van der Waals surface area contributed by atoms with E-state index >= 15 is 0 Å². The van der Waals surface area contributed by atoms with Gasteiger partial charge in [-0.2, -0.15) is 0 Å². The van der Waals surface area contributed by atoms with Crippen molar-refractivity contribution in [3.05, 3.63) is 42.0 Å². The minimum atomic E-state index is -0.427. The highest BCUT2D eigenvalue weighted by Gasteiger charge is 2.17. The van der Waals surface area contributed by atoms with Crippen molar-refractivity contribution in [2.75, 3.05) is 20.8 Å². The molecule has 0 aliphatic rings.